The Balaban J connectivity index is 1.81. The minimum atomic E-state index is -2.93. The second-order valence-electron chi connectivity index (χ2n) is 5.79. The maximum Gasteiger partial charge on any atom is 0.390 e. The molecule has 0 saturated carbocycles. The predicted octanol–water partition coefficient (Wildman–Crippen LogP) is 3.90. The number of hydrogen-bond donors (Lipinski definition) is 1. The summed E-state index contributed by atoms with van der Waals surface area (Å²) in [5.74, 6) is -0.781. The van der Waals surface area contributed by atoms with E-state index in [1.165, 1.54) is 28.9 Å². The highest BCUT2D eigenvalue weighted by molar-refractivity contribution is 7.22. The quantitative estimate of drug-likeness (QED) is 0.466. The number of rotatable bonds is 7. The van der Waals surface area contributed by atoms with Gasteiger partial charge >= 0.3 is 12.4 Å². The summed E-state index contributed by atoms with van der Waals surface area (Å²) in [4.78, 5) is 27.2. The van der Waals surface area contributed by atoms with Crippen LogP contribution in [0.15, 0.2) is 24.3 Å². The van der Waals surface area contributed by atoms with Gasteiger partial charge in [-0.3, -0.25) is 10.1 Å². The zero-order chi connectivity index (χ0) is 20.4. The lowest BCUT2D eigenvalue weighted by molar-refractivity contribution is -0.389. The van der Waals surface area contributed by atoms with Gasteiger partial charge in [-0.1, -0.05) is 18.3 Å². The van der Waals surface area contributed by atoms with E-state index in [4.69, 9.17) is 0 Å². The van der Waals surface area contributed by atoms with E-state index in [9.17, 15) is 23.7 Å². The van der Waals surface area contributed by atoms with Crippen LogP contribution >= 0.6 is 11.3 Å². The molecule has 28 heavy (non-hydrogen) atoms. The van der Waals surface area contributed by atoms with Crippen LogP contribution in [-0.2, 0) is 4.79 Å². The number of thiazole rings is 1. The summed E-state index contributed by atoms with van der Waals surface area (Å²) >= 11 is 1.10. The van der Waals surface area contributed by atoms with Crippen molar-refractivity contribution in [3.63, 3.8) is 0 Å². The van der Waals surface area contributed by atoms with Crippen LogP contribution < -0.4 is 10.1 Å². The smallest absolute Gasteiger partial charge is 0.390 e. The molecule has 148 valence electrons. The van der Waals surface area contributed by atoms with Crippen LogP contribution in [0.2, 0.25) is 0 Å². The SMILES string of the molecule is CCC(C(=O)Nc1nc2ccc(OC(F)F)cc2s1)n1nc([N+](=O)[O-])cc1C. The van der Waals surface area contributed by atoms with Crippen LogP contribution in [0.4, 0.5) is 19.7 Å². The molecular weight excluding hydrogens is 396 g/mol. The van der Waals surface area contributed by atoms with E-state index in [1.54, 1.807) is 13.8 Å². The molecule has 2 heterocycles. The van der Waals surface area contributed by atoms with Crippen LogP contribution in [-0.4, -0.2) is 32.2 Å². The van der Waals surface area contributed by atoms with Crippen LogP contribution in [0.1, 0.15) is 25.1 Å². The number of halogens is 2. The molecule has 0 fully saturated rings. The number of nitrogens with zero attached hydrogens (tertiary/aromatic N) is 4. The second-order valence-corrected chi connectivity index (χ2v) is 6.82. The van der Waals surface area contributed by atoms with E-state index >= 15 is 0 Å². The summed E-state index contributed by atoms with van der Waals surface area (Å²) in [6.45, 7) is 0.443. The number of nitro groups is 1. The minimum absolute atomic E-state index is 0.00469. The van der Waals surface area contributed by atoms with Crippen LogP contribution in [0.5, 0.6) is 5.75 Å². The number of amides is 1. The average molecular weight is 411 g/mol. The molecule has 0 aliphatic carbocycles. The largest absolute Gasteiger partial charge is 0.435 e. The number of ether oxygens (including phenoxy) is 1. The molecular formula is C16H15F2N5O4S. The van der Waals surface area contributed by atoms with Crippen molar-refractivity contribution in [1.29, 1.82) is 0 Å². The fourth-order valence-electron chi connectivity index (χ4n) is 2.67. The number of benzene rings is 1. The van der Waals surface area contributed by atoms with E-state index < -0.39 is 23.5 Å². The van der Waals surface area contributed by atoms with Gasteiger partial charge in [0.1, 0.15) is 5.75 Å². The predicted molar refractivity (Wildman–Crippen MR) is 97.8 cm³/mol. The Morgan fingerprint density at radius 1 is 1.43 bits per heavy atom. The third kappa shape index (κ3) is 4.06. The minimum Gasteiger partial charge on any atom is -0.435 e. The van der Waals surface area contributed by atoms with Gasteiger partial charge in [0.05, 0.1) is 27.1 Å². The number of hydrogen-bond acceptors (Lipinski definition) is 7. The van der Waals surface area contributed by atoms with Crippen molar-refractivity contribution in [3.8, 4) is 5.75 Å². The van der Waals surface area contributed by atoms with Crippen molar-refractivity contribution in [2.75, 3.05) is 5.32 Å². The van der Waals surface area contributed by atoms with E-state index in [2.05, 4.69) is 20.1 Å². The van der Waals surface area contributed by atoms with Crippen LogP contribution in [0.25, 0.3) is 10.2 Å². The second kappa shape index (κ2) is 7.84. The number of aromatic nitrogens is 3. The zero-order valence-corrected chi connectivity index (χ0v) is 15.6. The first-order valence-electron chi connectivity index (χ1n) is 8.15. The number of fused-ring (bicyclic) bond motifs is 1. The Bertz CT molecular complexity index is 1040. The highest BCUT2D eigenvalue weighted by Gasteiger charge is 2.27. The summed E-state index contributed by atoms with van der Waals surface area (Å²) in [6.07, 6.45) is 0.350. The first-order chi connectivity index (χ1) is 13.3. The Labute approximate surface area is 161 Å². The fourth-order valence-corrected chi connectivity index (χ4v) is 3.57. The van der Waals surface area contributed by atoms with Gasteiger partial charge in [0.15, 0.2) is 11.2 Å². The van der Waals surface area contributed by atoms with Crippen LogP contribution in [0.3, 0.4) is 0 Å². The highest BCUT2D eigenvalue weighted by atomic mass is 32.1. The molecule has 0 saturated heterocycles. The molecule has 1 N–H and O–H groups in total. The molecule has 12 heteroatoms. The summed E-state index contributed by atoms with van der Waals surface area (Å²) in [7, 11) is 0. The molecule has 3 aromatic rings. The highest BCUT2D eigenvalue weighted by Crippen LogP contribution is 2.30. The van der Waals surface area contributed by atoms with Crippen molar-refractivity contribution < 1.29 is 23.2 Å². The molecule has 1 amide bonds. The van der Waals surface area contributed by atoms with Crippen molar-refractivity contribution in [2.24, 2.45) is 0 Å². The molecule has 9 nitrogen and oxygen atoms in total. The third-order valence-electron chi connectivity index (χ3n) is 3.90. The molecule has 0 bridgehead atoms. The number of carbonyl (C=O) groups excluding carboxylic acids is 1. The molecule has 1 atom stereocenters. The molecule has 1 unspecified atom stereocenters. The van der Waals surface area contributed by atoms with Gasteiger partial charge < -0.3 is 14.9 Å². The van der Waals surface area contributed by atoms with Crippen molar-refractivity contribution >= 4 is 38.4 Å². The topological polar surface area (TPSA) is 112 Å². The number of carbonyl (C=O) groups is 1. The fraction of sp³-hybridized carbons (Fsp3) is 0.312. The van der Waals surface area contributed by atoms with Gasteiger partial charge in [0, 0.05) is 0 Å². The van der Waals surface area contributed by atoms with Gasteiger partial charge in [-0.2, -0.15) is 13.5 Å². The lowest BCUT2D eigenvalue weighted by atomic mass is 10.2. The maximum absolute atomic E-state index is 12.7. The van der Waals surface area contributed by atoms with Crippen molar-refractivity contribution in [2.45, 2.75) is 32.9 Å². The first-order valence-corrected chi connectivity index (χ1v) is 8.97. The van der Waals surface area contributed by atoms with Crippen LogP contribution in [0, 0.1) is 17.0 Å². The molecule has 2 aromatic heterocycles. The first kappa shape index (κ1) is 19.6. The zero-order valence-electron chi connectivity index (χ0n) is 14.8. The number of aryl methyl sites for hydroxylation is 1. The van der Waals surface area contributed by atoms with Gasteiger partial charge in [-0.25, -0.2) is 4.98 Å². The lowest BCUT2D eigenvalue weighted by Crippen LogP contribution is -2.27. The van der Waals surface area contributed by atoms with E-state index in [-0.39, 0.29) is 16.7 Å². The van der Waals surface area contributed by atoms with Gasteiger partial charge in [-0.05, 0) is 36.5 Å². The monoisotopic (exact) mass is 411 g/mol. The van der Waals surface area contributed by atoms with Gasteiger partial charge in [0.25, 0.3) is 5.91 Å². The van der Waals surface area contributed by atoms with E-state index in [0.29, 0.717) is 22.3 Å². The summed E-state index contributed by atoms with van der Waals surface area (Å²) in [5, 5.41) is 17.7. The lowest BCUT2D eigenvalue weighted by Gasteiger charge is -2.12. The Hall–Kier alpha value is -3.15. The molecule has 0 aliphatic rings. The Kier molecular flexibility index (Phi) is 5.49. The number of nitrogens with one attached hydrogen (secondary N) is 1. The molecule has 0 aliphatic heterocycles. The summed E-state index contributed by atoms with van der Waals surface area (Å²) in [6, 6.07) is 4.81. The molecule has 0 radical (unpaired) electrons. The standard InChI is InChI=1S/C16H15F2N5O4S/c1-3-11(22-8(2)6-13(21-22)23(25)26)14(24)20-16-19-10-5-4-9(27-15(17)18)7-12(10)28-16/h4-7,11,15H,3H2,1-2H3,(H,19,20,24). The summed E-state index contributed by atoms with van der Waals surface area (Å²) < 4.78 is 30.9. The van der Waals surface area contributed by atoms with Gasteiger partial charge in [0.2, 0.25) is 0 Å². The Morgan fingerprint density at radius 2 is 2.18 bits per heavy atom. The van der Waals surface area contributed by atoms with E-state index in [0.717, 1.165) is 11.3 Å². The molecule has 0 spiro atoms. The summed E-state index contributed by atoms with van der Waals surface area (Å²) in [5.41, 5.74) is 0.993. The maximum atomic E-state index is 12.7. The molecule has 1 aromatic carbocycles. The third-order valence-corrected chi connectivity index (χ3v) is 4.83. The van der Waals surface area contributed by atoms with E-state index in [1.807, 2.05) is 0 Å². The van der Waals surface area contributed by atoms with Crippen molar-refractivity contribution in [3.05, 3.63) is 40.1 Å². The average Bonchev–Trinajstić information content (AvgIpc) is 3.18. The number of alkyl halides is 2. The Morgan fingerprint density at radius 3 is 2.79 bits per heavy atom. The molecule has 3 rings (SSSR count). The number of anilines is 1. The normalized spacial score (nSPS) is 12.3. The van der Waals surface area contributed by atoms with Gasteiger partial charge in [-0.15, -0.1) is 0 Å². The van der Waals surface area contributed by atoms with Crippen molar-refractivity contribution in [1.82, 2.24) is 14.8 Å².